The van der Waals surface area contributed by atoms with Gasteiger partial charge in [0.15, 0.2) is 0 Å². The number of rotatable bonds is 5. The van der Waals surface area contributed by atoms with Crippen LogP contribution in [0, 0.1) is 11.3 Å². The van der Waals surface area contributed by atoms with Crippen molar-refractivity contribution in [2.75, 3.05) is 17.3 Å². The van der Waals surface area contributed by atoms with Crippen LogP contribution in [0.1, 0.15) is 36.6 Å². The SMILES string of the molecule is CSCCC(C)Nc1nc2c(cc1C#N)CCC2. The standard InChI is InChI=1S/C14H19N3S/c1-10(6-7-18-2)16-14-12(9-15)8-11-4-3-5-13(11)17-14/h8,10H,3-7H2,1-2H3,(H,16,17). The maximum absolute atomic E-state index is 9.20. The molecule has 4 heteroatoms. The van der Waals surface area contributed by atoms with E-state index in [0.29, 0.717) is 11.6 Å². The van der Waals surface area contributed by atoms with Gasteiger partial charge in [0, 0.05) is 11.7 Å². The molecular weight excluding hydrogens is 242 g/mol. The molecule has 0 spiro atoms. The number of aromatic nitrogens is 1. The predicted molar refractivity (Wildman–Crippen MR) is 77.1 cm³/mol. The van der Waals surface area contributed by atoms with Crippen LogP contribution in [-0.2, 0) is 12.8 Å². The molecule has 1 aliphatic carbocycles. The molecule has 2 rings (SSSR count). The summed E-state index contributed by atoms with van der Waals surface area (Å²) in [6, 6.07) is 4.63. The highest BCUT2D eigenvalue weighted by atomic mass is 32.2. The molecule has 0 saturated heterocycles. The van der Waals surface area contributed by atoms with Gasteiger partial charge in [0.1, 0.15) is 11.9 Å². The number of pyridine rings is 1. The van der Waals surface area contributed by atoms with Gasteiger partial charge in [-0.05, 0) is 56.2 Å². The van der Waals surface area contributed by atoms with Crippen molar-refractivity contribution in [1.29, 1.82) is 5.26 Å². The monoisotopic (exact) mass is 261 g/mol. The van der Waals surface area contributed by atoms with Crippen LogP contribution in [-0.4, -0.2) is 23.0 Å². The molecule has 1 N–H and O–H groups in total. The highest BCUT2D eigenvalue weighted by molar-refractivity contribution is 7.98. The van der Waals surface area contributed by atoms with Crippen LogP contribution in [0.2, 0.25) is 0 Å². The summed E-state index contributed by atoms with van der Waals surface area (Å²) in [5, 5.41) is 12.6. The highest BCUT2D eigenvalue weighted by Crippen LogP contribution is 2.25. The topological polar surface area (TPSA) is 48.7 Å². The first-order valence-electron chi connectivity index (χ1n) is 6.43. The molecule has 0 aromatic carbocycles. The van der Waals surface area contributed by atoms with Gasteiger partial charge in [-0.3, -0.25) is 0 Å². The van der Waals surface area contributed by atoms with E-state index in [1.165, 1.54) is 17.7 Å². The first-order valence-corrected chi connectivity index (χ1v) is 7.82. The number of fused-ring (bicyclic) bond motifs is 1. The van der Waals surface area contributed by atoms with E-state index < -0.39 is 0 Å². The minimum absolute atomic E-state index is 0.358. The minimum atomic E-state index is 0.358. The molecule has 1 aliphatic rings. The Morgan fingerprint density at radius 1 is 1.56 bits per heavy atom. The maximum atomic E-state index is 9.20. The fourth-order valence-electron chi connectivity index (χ4n) is 2.27. The molecular formula is C14H19N3S. The summed E-state index contributed by atoms with van der Waals surface area (Å²) in [6.45, 7) is 2.15. The lowest BCUT2D eigenvalue weighted by Crippen LogP contribution is -2.18. The number of nitrogens with zero attached hydrogens (tertiary/aromatic N) is 2. The van der Waals surface area contributed by atoms with Gasteiger partial charge in [0.2, 0.25) is 0 Å². The summed E-state index contributed by atoms with van der Waals surface area (Å²) in [5.41, 5.74) is 3.12. The Balaban J connectivity index is 2.14. The van der Waals surface area contributed by atoms with Crippen LogP contribution in [0.15, 0.2) is 6.07 Å². The van der Waals surface area contributed by atoms with Crippen molar-refractivity contribution in [2.24, 2.45) is 0 Å². The Bertz CT molecular complexity index is 465. The quantitative estimate of drug-likeness (QED) is 0.885. The van der Waals surface area contributed by atoms with Gasteiger partial charge >= 0.3 is 0 Å². The molecule has 0 bridgehead atoms. The van der Waals surface area contributed by atoms with Crippen molar-refractivity contribution in [1.82, 2.24) is 4.98 Å². The Morgan fingerprint density at radius 2 is 2.39 bits per heavy atom. The number of hydrogen-bond acceptors (Lipinski definition) is 4. The third-order valence-corrected chi connectivity index (χ3v) is 3.95. The average molecular weight is 261 g/mol. The molecule has 1 heterocycles. The van der Waals surface area contributed by atoms with Gasteiger partial charge < -0.3 is 5.32 Å². The van der Waals surface area contributed by atoms with E-state index >= 15 is 0 Å². The lowest BCUT2D eigenvalue weighted by molar-refractivity contribution is 0.765. The summed E-state index contributed by atoms with van der Waals surface area (Å²) in [4.78, 5) is 4.63. The molecule has 0 radical (unpaired) electrons. The minimum Gasteiger partial charge on any atom is -0.366 e. The lowest BCUT2D eigenvalue weighted by atomic mass is 10.1. The molecule has 1 aromatic heterocycles. The lowest BCUT2D eigenvalue weighted by Gasteiger charge is -2.15. The van der Waals surface area contributed by atoms with Crippen molar-refractivity contribution in [2.45, 2.75) is 38.6 Å². The average Bonchev–Trinajstić information content (AvgIpc) is 2.82. The van der Waals surface area contributed by atoms with Crippen LogP contribution in [0.25, 0.3) is 0 Å². The summed E-state index contributed by atoms with van der Waals surface area (Å²) in [6.07, 6.45) is 6.48. The number of anilines is 1. The Morgan fingerprint density at radius 3 is 3.11 bits per heavy atom. The van der Waals surface area contributed by atoms with Crippen molar-refractivity contribution in [3.63, 3.8) is 0 Å². The van der Waals surface area contributed by atoms with E-state index in [2.05, 4.69) is 29.5 Å². The van der Waals surface area contributed by atoms with Gasteiger partial charge in [-0.25, -0.2) is 4.98 Å². The first-order chi connectivity index (χ1) is 8.74. The second kappa shape index (κ2) is 6.10. The number of aryl methyl sites for hydroxylation is 2. The molecule has 3 nitrogen and oxygen atoms in total. The number of hydrogen-bond donors (Lipinski definition) is 1. The van der Waals surface area contributed by atoms with Gasteiger partial charge in [-0.2, -0.15) is 17.0 Å². The van der Waals surface area contributed by atoms with E-state index in [1.54, 1.807) is 0 Å². The van der Waals surface area contributed by atoms with Gasteiger partial charge in [-0.1, -0.05) is 0 Å². The summed E-state index contributed by atoms with van der Waals surface area (Å²) >= 11 is 1.85. The Labute approximate surface area is 113 Å². The second-order valence-electron chi connectivity index (χ2n) is 4.78. The summed E-state index contributed by atoms with van der Waals surface area (Å²) in [5.74, 6) is 1.90. The fourth-order valence-corrected chi connectivity index (χ4v) is 2.86. The van der Waals surface area contributed by atoms with Crippen molar-refractivity contribution in [3.05, 3.63) is 22.9 Å². The van der Waals surface area contributed by atoms with E-state index in [9.17, 15) is 5.26 Å². The molecule has 18 heavy (non-hydrogen) atoms. The van der Waals surface area contributed by atoms with Crippen molar-refractivity contribution < 1.29 is 0 Å². The van der Waals surface area contributed by atoms with E-state index in [1.807, 2.05) is 17.8 Å². The fraction of sp³-hybridized carbons (Fsp3) is 0.571. The zero-order chi connectivity index (χ0) is 13.0. The Hall–Kier alpha value is -1.21. The first kappa shape index (κ1) is 13.2. The van der Waals surface area contributed by atoms with Crippen LogP contribution < -0.4 is 5.32 Å². The maximum Gasteiger partial charge on any atom is 0.144 e. The zero-order valence-electron chi connectivity index (χ0n) is 11.0. The molecule has 1 unspecified atom stereocenters. The largest absolute Gasteiger partial charge is 0.366 e. The molecule has 0 fully saturated rings. The van der Waals surface area contributed by atoms with E-state index in [4.69, 9.17) is 0 Å². The molecule has 96 valence electrons. The molecule has 0 amide bonds. The van der Waals surface area contributed by atoms with Crippen LogP contribution in [0.3, 0.4) is 0 Å². The summed E-state index contributed by atoms with van der Waals surface area (Å²) < 4.78 is 0. The van der Waals surface area contributed by atoms with Gasteiger partial charge in [0.25, 0.3) is 0 Å². The normalized spacial score (nSPS) is 14.9. The van der Waals surface area contributed by atoms with Gasteiger partial charge in [-0.15, -0.1) is 0 Å². The predicted octanol–water partition coefficient (Wildman–Crippen LogP) is 3.00. The molecule has 0 aliphatic heterocycles. The molecule has 1 atom stereocenters. The van der Waals surface area contributed by atoms with Crippen molar-refractivity contribution in [3.8, 4) is 6.07 Å². The number of nitriles is 1. The van der Waals surface area contributed by atoms with Crippen LogP contribution in [0.4, 0.5) is 5.82 Å². The third-order valence-electron chi connectivity index (χ3n) is 3.31. The zero-order valence-corrected chi connectivity index (χ0v) is 11.8. The van der Waals surface area contributed by atoms with Crippen molar-refractivity contribution >= 4 is 17.6 Å². The third kappa shape index (κ3) is 2.97. The van der Waals surface area contributed by atoms with Gasteiger partial charge in [0.05, 0.1) is 5.56 Å². The van der Waals surface area contributed by atoms with E-state index in [-0.39, 0.29) is 0 Å². The Kier molecular flexibility index (Phi) is 4.48. The highest BCUT2D eigenvalue weighted by Gasteiger charge is 2.17. The second-order valence-corrected chi connectivity index (χ2v) is 5.77. The van der Waals surface area contributed by atoms with Crippen LogP contribution in [0.5, 0.6) is 0 Å². The smallest absolute Gasteiger partial charge is 0.144 e. The molecule has 0 saturated carbocycles. The van der Waals surface area contributed by atoms with Crippen LogP contribution >= 0.6 is 11.8 Å². The number of thioether (sulfide) groups is 1. The molecule has 1 aromatic rings. The van der Waals surface area contributed by atoms with E-state index in [0.717, 1.165) is 30.8 Å². The summed E-state index contributed by atoms with van der Waals surface area (Å²) in [7, 11) is 0. The number of nitrogens with one attached hydrogen (secondary N) is 1.